The molecule has 134 valence electrons. The highest BCUT2D eigenvalue weighted by atomic mass is 35.5. The number of rotatable bonds is 11. The molecule has 0 aliphatic carbocycles. The topological polar surface area (TPSA) is 52.6 Å². The van der Waals surface area contributed by atoms with Gasteiger partial charge in [0.25, 0.3) is 0 Å². The van der Waals surface area contributed by atoms with E-state index in [0.717, 1.165) is 19.3 Å². The average Bonchev–Trinajstić information content (AvgIpc) is 2.58. The maximum Gasteiger partial charge on any atom is 0.422 e. The predicted molar refractivity (Wildman–Crippen MR) is 95.3 cm³/mol. The molecule has 0 atom stereocenters. The number of unbranched alkanes of at least 4 members (excludes halogenated alkanes) is 8. The molecule has 1 aromatic carbocycles. The summed E-state index contributed by atoms with van der Waals surface area (Å²) in [6.45, 7) is 2.47. The predicted octanol–water partition coefficient (Wildman–Crippen LogP) is 5.32. The van der Waals surface area contributed by atoms with Crippen molar-refractivity contribution in [3.8, 4) is 5.75 Å². The summed E-state index contributed by atoms with van der Waals surface area (Å²) >= 11 is 5.73. The van der Waals surface area contributed by atoms with Gasteiger partial charge in [0.05, 0.1) is 6.61 Å². The monoisotopic (exact) mass is 354 g/mol. The van der Waals surface area contributed by atoms with Crippen molar-refractivity contribution < 1.29 is 19.1 Å². The smallest absolute Gasteiger partial charge is 0.422 e. The Kier molecular flexibility index (Phi) is 10.9. The van der Waals surface area contributed by atoms with Crippen molar-refractivity contribution in [1.29, 1.82) is 0 Å². The van der Waals surface area contributed by atoms with E-state index in [4.69, 9.17) is 21.1 Å². The molecular formula is C19H27ClO4. The van der Waals surface area contributed by atoms with Gasteiger partial charge in [-0.15, -0.1) is 0 Å². The lowest BCUT2D eigenvalue weighted by Crippen LogP contribution is -2.23. The van der Waals surface area contributed by atoms with Gasteiger partial charge in [-0.2, -0.15) is 0 Å². The highest BCUT2D eigenvalue weighted by Crippen LogP contribution is 2.15. The average molecular weight is 355 g/mol. The van der Waals surface area contributed by atoms with E-state index in [1.165, 1.54) is 50.7 Å². The number of hydrogen-bond donors (Lipinski definition) is 0. The number of halogens is 1. The molecule has 0 aliphatic rings. The Morgan fingerprint density at radius 2 is 1.38 bits per heavy atom. The zero-order chi connectivity index (χ0) is 17.6. The normalized spacial score (nSPS) is 10.4. The van der Waals surface area contributed by atoms with Crippen LogP contribution in [-0.2, 0) is 14.3 Å². The maximum absolute atomic E-state index is 11.6. The zero-order valence-electron chi connectivity index (χ0n) is 14.4. The quantitative estimate of drug-likeness (QED) is 0.233. The van der Waals surface area contributed by atoms with E-state index in [1.54, 1.807) is 12.1 Å². The van der Waals surface area contributed by atoms with Gasteiger partial charge in [-0.1, -0.05) is 69.9 Å². The molecule has 0 fully saturated rings. The molecule has 0 saturated carbocycles. The second-order valence-corrected chi connectivity index (χ2v) is 6.24. The lowest BCUT2D eigenvalue weighted by Gasteiger charge is -2.05. The van der Waals surface area contributed by atoms with Crippen LogP contribution in [0, 0.1) is 0 Å². The van der Waals surface area contributed by atoms with Crippen LogP contribution in [0.2, 0.25) is 5.02 Å². The fourth-order valence-electron chi connectivity index (χ4n) is 2.29. The van der Waals surface area contributed by atoms with Crippen molar-refractivity contribution in [3.63, 3.8) is 0 Å². The van der Waals surface area contributed by atoms with E-state index < -0.39 is 11.9 Å². The number of benzene rings is 1. The Morgan fingerprint density at radius 1 is 0.833 bits per heavy atom. The minimum atomic E-state index is -1.01. The van der Waals surface area contributed by atoms with Crippen LogP contribution in [0.1, 0.15) is 64.7 Å². The minimum Gasteiger partial charge on any atom is -0.457 e. The SMILES string of the molecule is CCCCCCCCCCCOC(=O)C(=O)Oc1ccc(Cl)cc1. The van der Waals surface area contributed by atoms with Crippen LogP contribution in [0.25, 0.3) is 0 Å². The molecule has 0 saturated heterocycles. The minimum absolute atomic E-state index is 0.254. The van der Waals surface area contributed by atoms with Crippen LogP contribution in [-0.4, -0.2) is 18.5 Å². The van der Waals surface area contributed by atoms with Crippen LogP contribution in [0.3, 0.4) is 0 Å². The van der Waals surface area contributed by atoms with Crippen molar-refractivity contribution in [3.05, 3.63) is 29.3 Å². The maximum atomic E-state index is 11.6. The molecule has 0 heterocycles. The number of esters is 2. The Bertz CT molecular complexity index is 485. The number of ether oxygens (including phenoxy) is 2. The van der Waals surface area contributed by atoms with Gasteiger partial charge < -0.3 is 9.47 Å². The molecule has 24 heavy (non-hydrogen) atoms. The summed E-state index contributed by atoms with van der Waals surface area (Å²) in [5.41, 5.74) is 0. The molecule has 0 radical (unpaired) electrons. The standard InChI is InChI=1S/C19H27ClO4/c1-2-3-4-5-6-7-8-9-10-15-23-18(21)19(22)24-17-13-11-16(20)12-14-17/h11-14H,2-10,15H2,1H3. The molecule has 5 heteroatoms. The highest BCUT2D eigenvalue weighted by Gasteiger charge is 2.17. The lowest BCUT2D eigenvalue weighted by molar-refractivity contribution is -0.162. The van der Waals surface area contributed by atoms with E-state index in [9.17, 15) is 9.59 Å². The molecule has 0 unspecified atom stereocenters. The first-order valence-corrected chi connectivity index (χ1v) is 9.15. The Hall–Kier alpha value is -1.55. The first kappa shape index (κ1) is 20.5. The van der Waals surface area contributed by atoms with Gasteiger partial charge in [0.2, 0.25) is 0 Å². The third kappa shape index (κ3) is 9.56. The third-order valence-corrected chi connectivity index (χ3v) is 3.92. The molecule has 0 aliphatic heterocycles. The summed E-state index contributed by atoms with van der Waals surface area (Å²) in [6, 6.07) is 6.21. The number of carbonyl (C=O) groups is 2. The second kappa shape index (κ2) is 12.8. The largest absolute Gasteiger partial charge is 0.457 e. The molecule has 0 amide bonds. The van der Waals surface area contributed by atoms with Gasteiger partial charge in [0.15, 0.2) is 0 Å². The molecule has 0 spiro atoms. The Labute approximate surface area is 149 Å². The van der Waals surface area contributed by atoms with Crippen LogP contribution in [0.5, 0.6) is 5.75 Å². The summed E-state index contributed by atoms with van der Waals surface area (Å²) in [4.78, 5) is 23.1. The number of hydrogen-bond acceptors (Lipinski definition) is 4. The summed E-state index contributed by atoms with van der Waals surface area (Å²) < 4.78 is 9.82. The summed E-state index contributed by atoms with van der Waals surface area (Å²) in [6.07, 6.45) is 10.6. The number of carbonyl (C=O) groups excluding carboxylic acids is 2. The highest BCUT2D eigenvalue weighted by molar-refractivity contribution is 6.31. The van der Waals surface area contributed by atoms with E-state index in [2.05, 4.69) is 6.92 Å². The van der Waals surface area contributed by atoms with Gasteiger partial charge >= 0.3 is 11.9 Å². The van der Waals surface area contributed by atoms with Crippen molar-refractivity contribution in [2.24, 2.45) is 0 Å². The fraction of sp³-hybridized carbons (Fsp3) is 0.579. The molecule has 0 N–H and O–H groups in total. The molecular weight excluding hydrogens is 328 g/mol. The first-order chi connectivity index (χ1) is 11.6. The van der Waals surface area contributed by atoms with Crippen LogP contribution >= 0.6 is 11.6 Å². The van der Waals surface area contributed by atoms with Crippen LogP contribution in [0.4, 0.5) is 0 Å². The van der Waals surface area contributed by atoms with Gasteiger partial charge in [-0.05, 0) is 30.7 Å². The molecule has 1 aromatic rings. The first-order valence-electron chi connectivity index (χ1n) is 8.78. The summed E-state index contributed by atoms with van der Waals surface area (Å²) in [5, 5.41) is 0.530. The zero-order valence-corrected chi connectivity index (χ0v) is 15.1. The third-order valence-electron chi connectivity index (χ3n) is 3.67. The van der Waals surface area contributed by atoms with Gasteiger partial charge in [0.1, 0.15) is 5.75 Å². The van der Waals surface area contributed by atoms with Crippen molar-refractivity contribution in [1.82, 2.24) is 0 Å². The molecule has 0 bridgehead atoms. The van der Waals surface area contributed by atoms with Crippen molar-refractivity contribution >= 4 is 23.5 Å². The van der Waals surface area contributed by atoms with E-state index in [1.807, 2.05) is 0 Å². The van der Waals surface area contributed by atoms with E-state index in [-0.39, 0.29) is 12.4 Å². The molecule has 0 aromatic heterocycles. The second-order valence-electron chi connectivity index (χ2n) is 5.81. The summed E-state index contributed by atoms with van der Waals surface area (Å²) in [5.74, 6) is -1.69. The van der Waals surface area contributed by atoms with Gasteiger partial charge in [-0.3, -0.25) is 0 Å². The Morgan fingerprint density at radius 3 is 1.96 bits per heavy atom. The van der Waals surface area contributed by atoms with Crippen LogP contribution in [0.15, 0.2) is 24.3 Å². The Balaban J connectivity index is 2.03. The fourth-order valence-corrected chi connectivity index (χ4v) is 2.41. The molecule has 4 nitrogen and oxygen atoms in total. The lowest BCUT2D eigenvalue weighted by atomic mass is 10.1. The van der Waals surface area contributed by atoms with Crippen molar-refractivity contribution in [2.45, 2.75) is 64.7 Å². The summed E-state index contributed by atoms with van der Waals surface area (Å²) in [7, 11) is 0. The molecule has 1 rings (SSSR count). The van der Waals surface area contributed by atoms with Crippen molar-refractivity contribution in [2.75, 3.05) is 6.61 Å². The van der Waals surface area contributed by atoms with Gasteiger partial charge in [-0.25, -0.2) is 9.59 Å². The van der Waals surface area contributed by atoms with Crippen LogP contribution < -0.4 is 4.74 Å². The van der Waals surface area contributed by atoms with Gasteiger partial charge in [0, 0.05) is 5.02 Å². The van der Waals surface area contributed by atoms with E-state index >= 15 is 0 Å². The van der Waals surface area contributed by atoms with E-state index in [0.29, 0.717) is 5.02 Å².